The highest BCUT2D eigenvalue weighted by molar-refractivity contribution is 9.09. The highest BCUT2D eigenvalue weighted by Crippen LogP contribution is 2.23. The van der Waals surface area contributed by atoms with Gasteiger partial charge in [0.15, 0.2) is 0 Å². The largest absolute Gasteiger partial charge is 0.282 e. The van der Waals surface area contributed by atoms with Crippen molar-refractivity contribution in [1.82, 2.24) is 9.80 Å². The van der Waals surface area contributed by atoms with Crippen LogP contribution in [-0.4, -0.2) is 51.8 Å². The molecule has 1 unspecified atom stereocenters. The van der Waals surface area contributed by atoms with E-state index in [1.54, 1.807) is 0 Å². The summed E-state index contributed by atoms with van der Waals surface area (Å²) in [5, 5.41) is 0.527. The Labute approximate surface area is 112 Å². The Bertz CT molecular complexity index is 407. The van der Waals surface area contributed by atoms with Crippen LogP contribution in [0.2, 0.25) is 0 Å². The maximum absolute atomic E-state index is 11.9. The quantitative estimate of drug-likeness (QED) is 0.536. The Kier molecular flexibility index (Phi) is 3.79. The third kappa shape index (κ3) is 2.31. The second-order valence-electron chi connectivity index (χ2n) is 4.37. The van der Waals surface area contributed by atoms with Crippen LogP contribution >= 0.6 is 15.9 Å². The normalized spacial score (nSPS) is 24.6. The Morgan fingerprint density at radius 3 is 2.17 bits per heavy atom. The van der Waals surface area contributed by atoms with Crippen LogP contribution in [0, 0.1) is 5.92 Å². The lowest BCUT2D eigenvalue weighted by Crippen LogP contribution is -2.38. The SMILES string of the molecule is O=C1CCC(=O)N1CC1CC(=O)N(CCBr)C1=O. The number of hydrogen-bond acceptors (Lipinski definition) is 4. The summed E-state index contributed by atoms with van der Waals surface area (Å²) in [6.07, 6.45) is 0.500. The fraction of sp³-hybridized carbons (Fsp3) is 0.636. The molecule has 0 spiro atoms. The maximum Gasteiger partial charge on any atom is 0.234 e. The molecule has 0 aromatic carbocycles. The molecule has 2 aliphatic heterocycles. The van der Waals surface area contributed by atoms with Crippen LogP contribution in [0.3, 0.4) is 0 Å². The van der Waals surface area contributed by atoms with Crippen molar-refractivity contribution in [3.05, 3.63) is 0 Å². The van der Waals surface area contributed by atoms with E-state index in [2.05, 4.69) is 15.9 Å². The lowest BCUT2D eigenvalue weighted by Gasteiger charge is -2.18. The first-order valence-electron chi connectivity index (χ1n) is 5.78. The first-order chi connectivity index (χ1) is 8.54. The second-order valence-corrected chi connectivity index (χ2v) is 5.16. The van der Waals surface area contributed by atoms with Gasteiger partial charge in [0, 0.05) is 37.7 Å². The molecule has 0 radical (unpaired) electrons. The van der Waals surface area contributed by atoms with E-state index in [4.69, 9.17) is 0 Å². The first kappa shape index (κ1) is 13.2. The van der Waals surface area contributed by atoms with Crippen LogP contribution in [0.15, 0.2) is 0 Å². The van der Waals surface area contributed by atoms with E-state index in [-0.39, 0.29) is 49.4 Å². The Morgan fingerprint density at radius 2 is 1.61 bits per heavy atom. The molecule has 18 heavy (non-hydrogen) atoms. The van der Waals surface area contributed by atoms with E-state index < -0.39 is 5.92 Å². The van der Waals surface area contributed by atoms with Gasteiger partial charge in [-0.3, -0.25) is 29.0 Å². The fourth-order valence-corrected chi connectivity index (χ4v) is 2.62. The average Bonchev–Trinajstić information content (AvgIpc) is 2.77. The van der Waals surface area contributed by atoms with Gasteiger partial charge < -0.3 is 0 Å². The Morgan fingerprint density at radius 1 is 1.00 bits per heavy atom. The van der Waals surface area contributed by atoms with Gasteiger partial charge in [-0.05, 0) is 0 Å². The van der Waals surface area contributed by atoms with E-state index in [1.165, 1.54) is 4.90 Å². The van der Waals surface area contributed by atoms with Gasteiger partial charge in [0.2, 0.25) is 23.6 Å². The summed E-state index contributed by atoms with van der Waals surface area (Å²) in [4.78, 5) is 48.8. The third-order valence-electron chi connectivity index (χ3n) is 3.20. The molecule has 1 atom stereocenters. The average molecular weight is 317 g/mol. The van der Waals surface area contributed by atoms with Gasteiger partial charge in [0.25, 0.3) is 0 Å². The van der Waals surface area contributed by atoms with Gasteiger partial charge in [-0.15, -0.1) is 0 Å². The molecule has 0 N–H and O–H groups in total. The van der Waals surface area contributed by atoms with Gasteiger partial charge in [0.1, 0.15) is 0 Å². The molecular formula is C11H13BrN2O4. The zero-order valence-corrected chi connectivity index (χ0v) is 11.3. The highest BCUT2D eigenvalue weighted by atomic mass is 79.9. The molecular weight excluding hydrogens is 304 g/mol. The molecule has 2 rings (SSSR count). The number of halogens is 1. The molecule has 0 aromatic heterocycles. The van der Waals surface area contributed by atoms with E-state index in [9.17, 15) is 19.2 Å². The van der Waals surface area contributed by atoms with Gasteiger partial charge in [-0.25, -0.2) is 0 Å². The van der Waals surface area contributed by atoms with Crippen LogP contribution in [-0.2, 0) is 19.2 Å². The third-order valence-corrected chi connectivity index (χ3v) is 3.56. The molecule has 6 nitrogen and oxygen atoms in total. The molecule has 2 aliphatic rings. The summed E-state index contributed by atoms with van der Waals surface area (Å²) in [5.41, 5.74) is 0. The fourth-order valence-electron chi connectivity index (χ4n) is 2.26. The predicted molar refractivity (Wildman–Crippen MR) is 64.6 cm³/mol. The van der Waals surface area contributed by atoms with Crippen LogP contribution in [0.1, 0.15) is 19.3 Å². The summed E-state index contributed by atoms with van der Waals surface area (Å²) in [7, 11) is 0. The van der Waals surface area contributed by atoms with E-state index >= 15 is 0 Å². The minimum atomic E-state index is -0.567. The minimum Gasteiger partial charge on any atom is -0.282 e. The van der Waals surface area contributed by atoms with Crippen molar-refractivity contribution in [2.24, 2.45) is 5.92 Å². The standard InChI is InChI=1S/C11H13BrN2O4/c12-3-4-13-10(17)5-7(11(13)18)6-14-8(15)1-2-9(14)16/h7H,1-6H2. The van der Waals surface area contributed by atoms with E-state index in [0.717, 1.165) is 4.90 Å². The lowest BCUT2D eigenvalue weighted by molar-refractivity contribution is -0.140. The molecule has 98 valence electrons. The van der Waals surface area contributed by atoms with Crippen molar-refractivity contribution < 1.29 is 19.2 Å². The Balaban J connectivity index is 2.03. The van der Waals surface area contributed by atoms with Crippen LogP contribution in [0.25, 0.3) is 0 Å². The summed E-state index contributed by atoms with van der Waals surface area (Å²) in [6.45, 7) is 0.372. The monoisotopic (exact) mass is 316 g/mol. The zero-order chi connectivity index (χ0) is 13.3. The molecule has 0 aliphatic carbocycles. The molecule has 0 aromatic rings. The van der Waals surface area contributed by atoms with Crippen molar-refractivity contribution in [2.45, 2.75) is 19.3 Å². The molecule has 4 amide bonds. The predicted octanol–water partition coefficient (Wildman–Crippen LogP) is -0.0946. The van der Waals surface area contributed by atoms with Crippen molar-refractivity contribution in [3.8, 4) is 0 Å². The molecule has 0 saturated carbocycles. The number of rotatable bonds is 4. The van der Waals surface area contributed by atoms with E-state index in [1.807, 2.05) is 0 Å². The second kappa shape index (κ2) is 5.17. The van der Waals surface area contributed by atoms with E-state index in [0.29, 0.717) is 11.9 Å². The topological polar surface area (TPSA) is 74.8 Å². The molecule has 2 fully saturated rings. The minimum absolute atomic E-state index is 0.0427. The number of alkyl halides is 1. The summed E-state index contributed by atoms with van der Waals surface area (Å²) in [6, 6.07) is 0. The number of imide groups is 2. The number of likely N-dealkylation sites (tertiary alicyclic amines) is 2. The van der Waals surface area contributed by atoms with Crippen LogP contribution < -0.4 is 0 Å². The molecule has 2 saturated heterocycles. The summed E-state index contributed by atoms with van der Waals surface area (Å²) in [5.74, 6) is -1.59. The highest BCUT2D eigenvalue weighted by Gasteiger charge is 2.41. The lowest BCUT2D eigenvalue weighted by atomic mass is 10.1. The number of carbonyl (C=O) groups excluding carboxylic acids is 4. The van der Waals surface area contributed by atoms with Crippen LogP contribution in [0.4, 0.5) is 0 Å². The zero-order valence-electron chi connectivity index (χ0n) is 9.73. The first-order valence-corrected chi connectivity index (χ1v) is 6.90. The van der Waals surface area contributed by atoms with Gasteiger partial charge in [-0.1, -0.05) is 15.9 Å². The maximum atomic E-state index is 11.9. The van der Waals surface area contributed by atoms with Crippen molar-refractivity contribution in [2.75, 3.05) is 18.4 Å². The molecule has 0 bridgehead atoms. The summed E-state index contributed by atoms with van der Waals surface area (Å²) < 4.78 is 0. The van der Waals surface area contributed by atoms with Crippen molar-refractivity contribution >= 4 is 39.6 Å². The molecule has 2 heterocycles. The molecule has 7 heteroatoms. The number of carbonyl (C=O) groups is 4. The number of amides is 4. The van der Waals surface area contributed by atoms with Crippen LogP contribution in [0.5, 0.6) is 0 Å². The number of nitrogens with zero attached hydrogens (tertiary/aromatic N) is 2. The van der Waals surface area contributed by atoms with Gasteiger partial charge in [-0.2, -0.15) is 0 Å². The van der Waals surface area contributed by atoms with Gasteiger partial charge >= 0.3 is 0 Å². The van der Waals surface area contributed by atoms with Crippen molar-refractivity contribution in [1.29, 1.82) is 0 Å². The van der Waals surface area contributed by atoms with Gasteiger partial charge in [0.05, 0.1) is 5.92 Å². The number of hydrogen-bond donors (Lipinski definition) is 0. The summed E-state index contributed by atoms with van der Waals surface area (Å²) >= 11 is 3.18. The Hall–Kier alpha value is -1.24. The smallest absolute Gasteiger partial charge is 0.234 e. The van der Waals surface area contributed by atoms with Crippen molar-refractivity contribution in [3.63, 3.8) is 0 Å².